The Labute approximate surface area is 89.0 Å². The third kappa shape index (κ3) is 4.26. The van der Waals surface area contributed by atoms with Crippen LogP contribution < -0.4 is 16.8 Å². The summed E-state index contributed by atoms with van der Waals surface area (Å²) in [6.07, 6.45) is 0.759. The standard InChI is InChI=1S/C9H19N3O3/c1-3-5(2)7(10)9(15)12-6(4-13)8(11)14/h5-7,13H,3-4,10H2,1-2H3,(H2,11,14)(H,12,15)/t5-,6+,7+/m0/s1. The number of carbonyl (C=O) groups is 2. The van der Waals surface area contributed by atoms with E-state index in [9.17, 15) is 9.59 Å². The van der Waals surface area contributed by atoms with Crippen molar-refractivity contribution in [1.29, 1.82) is 0 Å². The lowest BCUT2D eigenvalue weighted by Gasteiger charge is -2.20. The number of nitrogens with two attached hydrogens (primary N) is 2. The van der Waals surface area contributed by atoms with Gasteiger partial charge in [0, 0.05) is 0 Å². The summed E-state index contributed by atoms with van der Waals surface area (Å²) in [5.41, 5.74) is 10.6. The number of aliphatic hydroxyl groups excluding tert-OH is 1. The smallest absolute Gasteiger partial charge is 0.242 e. The Morgan fingerprint density at radius 3 is 2.33 bits per heavy atom. The Balaban J connectivity index is 4.28. The molecule has 0 aliphatic rings. The number of carbonyl (C=O) groups excluding carboxylic acids is 2. The van der Waals surface area contributed by atoms with E-state index < -0.39 is 30.5 Å². The van der Waals surface area contributed by atoms with Crippen LogP contribution in [-0.2, 0) is 9.59 Å². The third-order valence-electron chi connectivity index (χ3n) is 2.40. The van der Waals surface area contributed by atoms with Crippen molar-refractivity contribution in [2.45, 2.75) is 32.4 Å². The van der Waals surface area contributed by atoms with E-state index in [-0.39, 0.29) is 5.92 Å². The first-order valence-corrected chi connectivity index (χ1v) is 4.90. The highest BCUT2D eigenvalue weighted by molar-refractivity contribution is 5.89. The maximum Gasteiger partial charge on any atom is 0.242 e. The molecule has 6 heteroatoms. The van der Waals surface area contributed by atoms with Crippen LogP contribution in [-0.4, -0.2) is 35.6 Å². The first-order chi connectivity index (χ1) is 6.93. The van der Waals surface area contributed by atoms with Gasteiger partial charge in [0.05, 0.1) is 12.6 Å². The van der Waals surface area contributed by atoms with Crippen LogP contribution in [0, 0.1) is 5.92 Å². The molecule has 0 aromatic rings. The predicted octanol–water partition coefficient (Wildman–Crippen LogP) is -1.68. The number of amides is 2. The van der Waals surface area contributed by atoms with Crippen LogP contribution in [0.5, 0.6) is 0 Å². The molecule has 0 rings (SSSR count). The van der Waals surface area contributed by atoms with Gasteiger partial charge in [0.25, 0.3) is 0 Å². The molecule has 0 unspecified atom stereocenters. The SMILES string of the molecule is CC[C@H](C)[C@@H](N)C(=O)N[C@H](CO)C(N)=O. The topological polar surface area (TPSA) is 118 Å². The average Bonchev–Trinajstić information content (AvgIpc) is 2.22. The van der Waals surface area contributed by atoms with Crippen LogP contribution in [0.2, 0.25) is 0 Å². The first kappa shape index (κ1) is 13.9. The quantitative estimate of drug-likeness (QED) is 0.425. The van der Waals surface area contributed by atoms with Gasteiger partial charge in [-0.2, -0.15) is 0 Å². The van der Waals surface area contributed by atoms with E-state index >= 15 is 0 Å². The van der Waals surface area contributed by atoms with E-state index in [2.05, 4.69) is 5.32 Å². The lowest BCUT2D eigenvalue weighted by molar-refractivity contribution is -0.129. The molecule has 0 aromatic carbocycles. The molecule has 6 nitrogen and oxygen atoms in total. The Morgan fingerprint density at radius 1 is 1.47 bits per heavy atom. The molecule has 0 aliphatic heterocycles. The number of nitrogens with one attached hydrogen (secondary N) is 1. The van der Waals surface area contributed by atoms with Crippen molar-refractivity contribution in [1.82, 2.24) is 5.32 Å². The van der Waals surface area contributed by atoms with Crippen LogP contribution in [0.15, 0.2) is 0 Å². The van der Waals surface area contributed by atoms with Crippen LogP contribution in [0.3, 0.4) is 0 Å². The highest BCUT2D eigenvalue weighted by Gasteiger charge is 2.23. The minimum absolute atomic E-state index is 0.0113. The minimum atomic E-state index is -1.06. The van der Waals surface area contributed by atoms with Gasteiger partial charge in [-0.1, -0.05) is 20.3 Å². The summed E-state index contributed by atoms with van der Waals surface area (Å²) >= 11 is 0. The van der Waals surface area contributed by atoms with E-state index in [0.717, 1.165) is 6.42 Å². The molecule has 0 bridgehead atoms. The van der Waals surface area contributed by atoms with Crippen LogP contribution >= 0.6 is 0 Å². The molecule has 0 fully saturated rings. The molecule has 3 atom stereocenters. The number of hydrogen-bond donors (Lipinski definition) is 4. The van der Waals surface area contributed by atoms with Crippen molar-refractivity contribution in [3.63, 3.8) is 0 Å². The summed E-state index contributed by atoms with van der Waals surface area (Å²) in [5.74, 6) is -1.23. The summed E-state index contributed by atoms with van der Waals surface area (Å²) < 4.78 is 0. The van der Waals surface area contributed by atoms with Crippen molar-refractivity contribution in [3.05, 3.63) is 0 Å². The fraction of sp³-hybridized carbons (Fsp3) is 0.778. The van der Waals surface area contributed by atoms with Crippen molar-refractivity contribution in [3.8, 4) is 0 Å². The Kier molecular flexibility index (Phi) is 5.88. The van der Waals surface area contributed by atoms with Gasteiger partial charge in [-0.25, -0.2) is 0 Å². The molecule has 0 radical (unpaired) electrons. The fourth-order valence-electron chi connectivity index (χ4n) is 0.987. The van der Waals surface area contributed by atoms with Gasteiger partial charge in [0.1, 0.15) is 6.04 Å². The average molecular weight is 217 g/mol. The lowest BCUT2D eigenvalue weighted by Crippen LogP contribution is -2.53. The highest BCUT2D eigenvalue weighted by atomic mass is 16.3. The normalized spacial score (nSPS) is 16.5. The summed E-state index contributed by atoms with van der Waals surface area (Å²) in [7, 11) is 0. The molecule has 88 valence electrons. The van der Waals surface area contributed by atoms with Crippen molar-refractivity contribution in [2.75, 3.05) is 6.61 Å². The Hall–Kier alpha value is -1.14. The zero-order valence-corrected chi connectivity index (χ0v) is 9.06. The number of aliphatic hydroxyl groups is 1. The molecule has 0 saturated heterocycles. The second-order valence-corrected chi connectivity index (χ2v) is 3.56. The van der Waals surface area contributed by atoms with Crippen LogP contribution in [0.25, 0.3) is 0 Å². The van der Waals surface area contributed by atoms with Gasteiger partial charge in [0.2, 0.25) is 11.8 Å². The van der Waals surface area contributed by atoms with E-state index in [1.165, 1.54) is 0 Å². The zero-order chi connectivity index (χ0) is 12.0. The molecule has 0 heterocycles. The summed E-state index contributed by atoms with van der Waals surface area (Å²) in [5, 5.41) is 11.1. The van der Waals surface area contributed by atoms with Crippen molar-refractivity contribution >= 4 is 11.8 Å². The van der Waals surface area contributed by atoms with Gasteiger partial charge < -0.3 is 21.9 Å². The molecule has 0 aliphatic carbocycles. The molecular formula is C9H19N3O3. The van der Waals surface area contributed by atoms with Crippen LogP contribution in [0.1, 0.15) is 20.3 Å². The summed E-state index contributed by atoms with van der Waals surface area (Å²) in [6.45, 7) is 3.23. The van der Waals surface area contributed by atoms with E-state index in [4.69, 9.17) is 16.6 Å². The van der Waals surface area contributed by atoms with Gasteiger partial charge in [-0.05, 0) is 5.92 Å². The number of hydrogen-bond acceptors (Lipinski definition) is 4. The predicted molar refractivity (Wildman–Crippen MR) is 55.6 cm³/mol. The molecular weight excluding hydrogens is 198 g/mol. The minimum Gasteiger partial charge on any atom is -0.394 e. The molecule has 2 amide bonds. The molecule has 0 saturated carbocycles. The van der Waals surface area contributed by atoms with E-state index in [0.29, 0.717) is 0 Å². The fourth-order valence-corrected chi connectivity index (χ4v) is 0.987. The van der Waals surface area contributed by atoms with Crippen LogP contribution in [0.4, 0.5) is 0 Å². The second-order valence-electron chi connectivity index (χ2n) is 3.56. The van der Waals surface area contributed by atoms with Gasteiger partial charge in [-0.3, -0.25) is 9.59 Å². The Bertz CT molecular complexity index is 233. The monoisotopic (exact) mass is 217 g/mol. The zero-order valence-electron chi connectivity index (χ0n) is 9.06. The van der Waals surface area contributed by atoms with Crippen molar-refractivity contribution < 1.29 is 14.7 Å². The largest absolute Gasteiger partial charge is 0.394 e. The highest BCUT2D eigenvalue weighted by Crippen LogP contribution is 2.05. The molecule has 0 aromatic heterocycles. The van der Waals surface area contributed by atoms with Crippen molar-refractivity contribution in [2.24, 2.45) is 17.4 Å². The van der Waals surface area contributed by atoms with Gasteiger partial charge in [0.15, 0.2) is 0 Å². The summed E-state index contributed by atoms with van der Waals surface area (Å²) in [6, 6.07) is -1.75. The molecule has 15 heavy (non-hydrogen) atoms. The second kappa shape index (κ2) is 6.36. The Morgan fingerprint density at radius 2 is 2.00 bits per heavy atom. The number of primary amides is 1. The molecule has 6 N–H and O–H groups in total. The first-order valence-electron chi connectivity index (χ1n) is 4.90. The third-order valence-corrected chi connectivity index (χ3v) is 2.40. The van der Waals surface area contributed by atoms with Gasteiger partial charge >= 0.3 is 0 Å². The van der Waals surface area contributed by atoms with Gasteiger partial charge in [-0.15, -0.1) is 0 Å². The van der Waals surface area contributed by atoms with E-state index in [1.54, 1.807) is 0 Å². The lowest BCUT2D eigenvalue weighted by atomic mass is 9.99. The maximum atomic E-state index is 11.5. The maximum absolute atomic E-state index is 11.5. The van der Waals surface area contributed by atoms with E-state index in [1.807, 2.05) is 13.8 Å². The summed E-state index contributed by atoms with van der Waals surface area (Å²) in [4.78, 5) is 22.2. The number of rotatable bonds is 6. The molecule has 0 spiro atoms.